The van der Waals surface area contributed by atoms with E-state index in [1.165, 1.54) is 47.8 Å². The number of hydrogen-bond acceptors (Lipinski definition) is 3. The van der Waals surface area contributed by atoms with Gasteiger partial charge >= 0.3 is 0 Å². The summed E-state index contributed by atoms with van der Waals surface area (Å²) in [6.07, 6.45) is 7.44. The van der Waals surface area contributed by atoms with E-state index in [4.69, 9.17) is 4.42 Å². The number of fused-ring (bicyclic) bond motifs is 2. The van der Waals surface area contributed by atoms with Crippen molar-refractivity contribution >= 4 is 21.9 Å². The number of piperidine rings is 1. The van der Waals surface area contributed by atoms with Crippen LogP contribution in [0.3, 0.4) is 0 Å². The van der Waals surface area contributed by atoms with E-state index >= 15 is 0 Å². The molecule has 5 rings (SSSR count). The number of likely N-dealkylation sites (tertiary alicyclic amines) is 1. The number of aromatic nitrogens is 2. The maximum atomic E-state index is 5.45. The van der Waals surface area contributed by atoms with Crippen LogP contribution in [0.4, 0.5) is 0 Å². The predicted octanol–water partition coefficient (Wildman–Crippen LogP) is 4.76. The first-order valence-corrected chi connectivity index (χ1v) is 9.44. The Hall–Kier alpha value is -2.59. The zero-order valence-corrected chi connectivity index (χ0v) is 14.8. The molecular formula is C22H23N3O. The molecule has 0 unspecified atom stereocenters. The maximum Gasteiger partial charge on any atom is 0.133 e. The van der Waals surface area contributed by atoms with Crippen molar-refractivity contribution < 1.29 is 4.42 Å². The molecule has 1 aliphatic heterocycles. The molecule has 132 valence electrons. The third kappa shape index (κ3) is 3.13. The molecule has 4 nitrogen and oxygen atoms in total. The third-order valence-corrected chi connectivity index (χ3v) is 5.56. The van der Waals surface area contributed by atoms with Crippen LogP contribution >= 0.6 is 0 Å². The van der Waals surface area contributed by atoms with Crippen molar-refractivity contribution in [2.45, 2.75) is 25.8 Å². The molecule has 1 saturated heterocycles. The number of rotatable bonds is 4. The highest BCUT2D eigenvalue weighted by molar-refractivity contribution is 5.78. The molecule has 0 spiro atoms. The molecule has 0 bridgehead atoms. The van der Waals surface area contributed by atoms with Gasteiger partial charge in [-0.1, -0.05) is 12.1 Å². The normalized spacial score (nSPS) is 18.7. The quantitative estimate of drug-likeness (QED) is 0.580. The predicted molar refractivity (Wildman–Crippen MR) is 104 cm³/mol. The van der Waals surface area contributed by atoms with Crippen LogP contribution in [0.5, 0.6) is 0 Å². The van der Waals surface area contributed by atoms with Crippen molar-refractivity contribution in [1.29, 1.82) is 0 Å². The number of nitrogens with one attached hydrogen (secondary N) is 1. The second kappa shape index (κ2) is 6.61. The second-order valence-electron chi connectivity index (χ2n) is 7.53. The van der Waals surface area contributed by atoms with Crippen LogP contribution in [-0.4, -0.2) is 28.2 Å². The zero-order valence-electron chi connectivity index (χ0n) is 14.8. The Balaban J connectivity index is 1.26. The van der Waals surface area contributed by atoms with Crippen molar-refractivity contribution in [2.24, 2.45) is 5.92 Å². The molecule has 2 aromatic carbocycles. The first kappa shape index (κ1) is 15.6. The number of furan rings is 1. The summed E-state index contributed by atoms with van der Waals surface area (Å²) < 4.78 is 5.45. The summed E-state index contributed by atoms with van der Waals surface area (Å²) in [5, 5.41) is 9.57. The van der Waals surface area contributed by atoms with Crippen LogP contribution in [-0.2, 0) is 13.0 Å². The summed E-state index contributed by atoms with van der Waals surface area (Å²) in [4.78, 5) is 2.60. The summed E-state index contributed by atoms with van der Waals surface area (Å²) in [6, 6.07) is 15.3. The highest BCUT2D eigenvalue weighted by Crippen LogP contribution is 2.25. The molecule has 1 fully saturated rings. The van der Waals surface area contributed by atoms with Crippen molar-refractivity contribution in [3.63, 3.8) is 0 Å². The van der Waals surface area contributed by atoms with Gasteiger partial charge in [0.05, 0.1) is 18.0 Å². The van der Waals surface area contributed by atoms with Gasteiger partial charge < -0.3 is 4.42 Å². The van der Waals surface area contributed by atoms with E-state index in [1.54, 1.807) is 6.26 Å². The average molecular weight is 345 g/mol. The van der Waals surface area contributed by atoms with E-state index in [-0.39, 0.29) is 0 Å². The smallest absolute Gasteiger partial charge is 0.133 e. The maximum absolute atomic E-state index is 5.45. The minimum atomic E-state index is 0.728. The molecule has 2 aromatic heterocycles. The first-order valence-electron chi connectivity index (χ1n) is 9.44. The number of aromatic amines is 1. The van der Waals surface area contributed by atoms with Crippen LogP contribution in [0, 0.1) is 5.92 Å². The third-order valence-electron chi connectivity index (χ3n) is 5.56. The monoisotopic (exact) mass is 345 g/mol. The Kier molecular flexibility index (Phi) is 3.98. The fourth-order valence-corrected chi connectivity index (χ4v) is 4.29. The average Bonchev–Trinajstić information content (AvgIpc) is 3.30. The zero-order chi connectivity index (χ0) is 17.3. The topological polar surface area (TPSA) is 45.1 Å². The Morgan fingerprint density at radius 2 is 2.00 bits per heavy atom. The van der Waals surface area contributed by atoms with E-state index in [0.717, 1.165) is 30.0 Å². The van der Waals surface area contributed by atoms with Crippen molar-refractivity contribution in [2.75, 3.05) is 13.1 Å². The van der Waals surface area contributed by atoms with Crippen LogP contribution in [0.2, 0.25) is 0 Å². The van der Waals surface area contributed by atoms with E-state index < -0.39 is 0 Å². The Bertz CT molecular complexity index is 950. The van der Waals surface area contributed by atoms with Crippen molar-refractivity contribution in [1.82, 2.24) is 15.1 Å². The van der Waals surface area contributed by atoms with Gasteiger partial charge in [-0.15, -0.1) is 0 Å². The molecule has 0 radical (unpaired) electrons. The Morgan fingerprint density at radius 1 is 1.08 bits per heavy atom. The molecule has 1 atom stereocenters. The fraction of sp³-hybridized carbons (Fsp3) is 0.318. The molecule has 1 aliphatic rings. The van der Waals surface area contributed by atoms with Gasteiger partial charge in [-0.3, -0.25) is 10.00 Å². The summed E-state index contributed by atoms with van der Waals surface area (Å²) >= 11 is 0. The summed E-state index contributed by atoms with van der Waals surface area (Å²) in [5.74, 6) is 0.728. The van der Waals surface area contributed by atoms with Gasteiger partial charge in [0.25, 0.3) is 0 Å². The molecule has 3 heterocycles. The standard InChI is InChI=1S/C22H23N3O/c1-2-17(10-16-3-5-21-20(11-16)13-23-24-21)14-25(8-1)15-18-4-6-22-19(12-18)7-9-26-22/h3-7,9,11-13,17H,1-2,8,10,14-15H2,(H,23,24)/t17-/m1/s1. The lowest BCUT2D eigenvalue weighted by Crippen LogP contribution is -2.35. The van der Waals surface area contributed by atoms with E-state index in [1.807, 2.05) is 12.3 Å². The minimum absolute atomic E-state index is 0.728. The lowest BCUT2D eigenvalue weighted by Gasteiger charge is -2.33. The fourth-order valence-electron chi connectivity index (χ4n) is 4.29. The summed E-state index contributed by atoms with van der Waals surface area (Å²) in [6.45, 7) is 3.39. The Morgan fingerprint density at radius 3 is 3.00 bits per heavy atom. The van der Waals surface area contributed by atoms with Gasteiger partial charge in [0.2, 0.25) is 0 Å². The van der Waals surface area contributed by atoms with E-state index in [0.29, 0.717) is 0 Å². The highest BCUT2D eigenvalue weighted by atomic mass is 16.3. The number of nitrogens with zero attached hydrogens (tertiary/aromatic N) is 2. The minimum Gasteiger partial charge on any atom is -0.464 e. The largest absolute Gasteiger partial charge is 0.464 e. The SMILES string of the molecule is c1cc2cc(CN3CCC[C@H](Cc4ccc5[nH]ncc5c4)C3)ccc2o1. The molecule has 0 amide bonds. The van der Waals surface area contributed by atoms with Gasteiger partial charge in [0.15, 0.2) is 0 Å². The number of H-pyrrole nitrogens is 1. The van der Waals surface area contributed by atoms with Gasteiger partial charge in [-0.2, -0.15) is 5.10 Å². The molecule has 1 N–H and O–H groups in total. The Labute approximate surface area is 152 Å². The number of benzene rings is 2. The lowest BCUT2D eigenvalue weighted by atomic mass is 9.90. The molecule has 4 aromatic rings. The summed E-state index contributed by atoms with van der Waals surface area (Å²) in [7, 11) is 0. The molecule has 26 heavy (non-hydrogen) atoms. The van der Waals surface area contributed by atoms with Gasteiger partial charge in [0, 0.05) is 23.9 Å². The lowest BCUT2D eigenvalue weighted by molar-refractivity contribution is 0.167. The van der Waals surface area contributed by atoms with Crippen LogP contribution in [0.1, 0.15) is 24.0 Å². The molecular weight excluding hydrogens is 322 g/mol. The van der Waals surface area contributed by atoms with Crippen LogP contribution in [0.25, 0.3) is 21.9 Å². The van der Waals surface area contributed by atoms with Crippen LogP contribution in [0.15, 0.2) is 59.3 Å². The first-order chi connectivity index (χ1) is 12.8. The molecule has 0 saturated carbocycles. The van der Waals surface area contributed by atoms with Crippen LogP contribution < -0.4 is 0 Å². The van der Waals surface area contributed by atoms with E-state index in [2.05, 4.69) is 51.5 Å². The van der Waals surface area contributed by atoms with Gasteiger partial charge in [0.1, 0.15) is 5.58 Å². The number of hydrogen-bond donors (Lipinski definition) is 1. The van der Waals surface area contributed by atoms with E-state index in [9.17, 15) is 0 Å². The van der Waals surface area contributed by atoms with Crippen molar-refractivity contribution in [3.05, 3.63) is 66.1 Å². The highest BCUT2D eigenvalue weighted by Gasteiger charge is 2.20. The summed E-state index contributed by atoms with van der Waals surface area (Å²) in [5.41, 5.74) is 4.89. The van der Waals surface area contributed by atoms with Gasteiger partial charge in [-0.25, -0.2) is 0 Å². The molecule has 4 heteroatoms. The van der Waals surface area contributed by atoms with Gasteiger partial charge in [-0.05, 0) is 73.2 Å². The van der Waals surface area contributed by atoms with Crippen molar-refractivity contribution in [3.8, 4) is 0 Å². The second-order valence-corrected chi connectivity index (χ2v) is 7.53. The molecule has 0 aliphatic carbocycles.